The molecular formula is C12H14N2O4. The molecule has 0 saturated carbocycles. The van der Waals surface area contributed by atoms with Crippen molar-refractivity contribution in [3.8, 4) is 11.5 Å². The zero-order valence-corrected chi connectivity index (χ0v) is 10.4. The minimum absolute atomic E-state index is 0.207. The van der Waals surface area contributed by atoms with Gasteiger partial charge in [-0.2, -0.15) is 0 Å². The summed E-state index contributed by atoms with van der Waals surface area (Å²) in [5.41, 5.74) is 7.10. The van der Waals surface area contributed by atoms with E-state index in [-0.39, 0.29) is 5.69 Å². The average Bonchev–Trinajstić information content (AvgIpc) is 2.74. The molecule has 1 aromatic heterocycles. The number of carbonyl (C=O) groups is 1. The van der Waals surface area contributed by atoms with Crippen LogP contribution in [-0.2, 0) is 4.74 Å². The normalized spacial score (nSPS) is 10.4. The number of aromatic amines is 1. The van der Waals surface area contributed by atoms with Gasteiger partial charge in [0.05, 0.1) is 37.9 Å². The van der Waals surface area contributed by atoms with Gasteiger partial charge < -0.3 is 24.9 Å². The van der Waals surface area contributed by atoms with Crippen molar-refractivity contribution in [1.82, 2.24) is 4.98 Å². The molecule has 0 fully saturated rings. The summed E-state index contributed by atoms with van der Waals surface area (Å²) in [4.78, 5) is 14.5. The highest BCUT2D eigenvalue weighted by molar-refractivity contribution is 6.08. The summed E-state index contributed by atoms with van der Waals surface area (Å²) in [7, 11) is 4.37. The first kappa shape index (κ1) is 12.1. The Kier molecular flexibility index (Phi) is 3.01. The van der Waals surface area contributed by atoms with E-state index in [4.69, 9.17) is 15.2 Å². The van der Waals surface area contributed by atoms with Crippen molar-refractivity contribution >= 4 is 22.6 Å². The molecule has 0 amide bonds. The van der Waals surface area contributed by atoms with Crippen molar-refractivity contribution in [3.63, 3.8) is 0 Å². The zero-order chi connectivity index (χ0) is 13.3. The summed E-state index contributed by atoms with van der Waals surface area (Å²) in [6.07, 6.45) is 0. The van der Waals surface area contributed by atoms with E-state index in [0.29, 0.717) is 28.1 Å². The van der Waals surface area contributed by atoms with Gasteiger partial charge in [0.2, 0.25) is 0 Å². The Morgan fingerprint density at radius 1 is 1.22 bits per heavy atom. The fraction of sp³-hybridized carbons (Fsp3) is 0.250. The molecule has 6 heteroatoms. The first-order valence-corrected chi connectivity index (χ1v) is 5.23. The maximum absolute atomic E-state index is 11.6. The van der Waals surface area contributed by atoms with Gasteiger partial charge in [0, 0.05) is 12.1 Å². The Morgan fingerprint density at radius 2 is 1.94 bits per heavy atom. The van der Waals surface area contributed by atoms with E-state index in [0.717, 1.165) is 0 Å². The lowest BCUT2D eigenvalue weighted by Crippen LogP contribution is -2.04. The number of methoxy groups -OCH3 is 3. The van der Waals surface area contributed by atoms with Crippen molar-refractivity contribution in [2.75, 3.05) is 27.1 Å². The molecule has 0 spiro atoms. The first-order chi connectivity index (χ1) is 8.62. The summed E-state index contributed by atoms with van der Waals surface area (Å²) in [6, 6.07) is 3.44. The molecule has 0 saturated heterocycles. The number of esters is 1. The highest BCUT2D eigenvalue weighted by atomic mass is 16.5. The van der Waals surface area contributed by atoms with Crippen LogP contribution in [-0.4, -0.2) is 32.3 Å². The lowest BCUT2D eigenvalue weighted by Gasteiger charge is -2.06. The predicted molar refractivity (Wildman–Crippen MR) is 67.2 cm³/mol. The summed E-state index contributed by atoms with van der Waals surface area (Å²) in [5, 5.41) is 0.638. The Bertz CT molecular complexity index is 604. The van der Waals surface area contributed by atoms with Gasteiger partial charge in [-0.3, -0.25) is 0 Å². The first-order valence-electron chi connectivity index (χ1n) is 5.23. The van der Waals surface area contributed by atoms with E-state index in [1.54, 1.807) is 19.2 Å². The highest BCUT2D eigenvalue weighted by Gasteiger charge is 2.19. The second kappa shape index (κ2) is 4.48. The predicted octanol–water partition coefficient (Wildman–Crippen LogP) is 1.55. The average molecular weight is 250 g/mol. The molecule has 1 heterocycles. The van der Waals surface area contributed by atoms with Crippen molar-refractivity contribution in [2.45, 2.75) is 0 Å². The lowest BCUT2D eigenvalue weighted by molar-refractivity contribution is 0.0596. The quantitative estimate of drug-likeness (QED) is 0.807. The number of H-pyrrole nitrogens is 1. The number of ether oxygens (including phenoxy) is 3. The Balaban J connectivity index is 2.74. The van der Waals surface area contributed by atoms with Crippen LogP contribution in [0.15, 0.2) is 12.1 Å². The zero-order valence-electron chi connectivity index (χ0n) is 10.4. The summed E-state index contributed by atoms with van der Waals surface area (Å²) in [6.45, 7) is 0. The molecule has 0 bridgehead atoms. The van der Waals surface area contributed by atoms with Crippen molar-refractivity contribution < 1.29 is 19.0 Å². The molecular weight excluding hydrogens is 236 g/mol. The number of nitrogens with two attached hydrogens (primary N) is 1. The van der Waals surface area contributed by atoms with Crippen LogP contribution >= 0.6 is 0 Å². The highest BCUT2D eigenvalue weighted by Crippen LogP contribution is 2.36. The second-order valence-corrected chi connectivity index (χ2v) is 3.66. The second-order valence-electron chi connectivity index (χ2n) is 3.66. The number of rotatable bonds is 3. The van der Waals surface area contributed by atoms with E-state index in [9.17, 15) is 4.79 Å². The third-order valence-electron chi connectivity index (χ3n) is 2.72. The minimum atomic E-state index is -0.523. The molecule has 3 N–H and O–H groups in total. The number of carbonyl (C=O) groups excluding carboxylic acids is 1. The summed E-state index contributed by atoms with van der Waals surface area (Å²) in [5.74, 6) is 0.620. The maximum Gasteiger partial charge on any atom is 0.356 e. The molecule has 2 aromatic rings. The van der Waals surface area contributed by atoms with Gasteiger partial charge in [0.1, 0.15) is 17.2 Å². The molecule has 0 aliphatic rings. The van der Waals surface area contributed by atoms with Crippen molar-refractivity contribution in [3.05, 3.63) is 17.8 Å². The molecule has 1 aromatic carbocycles. The SMILES string of the molecule is COC(=O)c1[nH]c2cc(OC)cc(OC)c2c1N. The molecule has 2 rings (SSSR count). The van der Waals surface area contributed by atoms with Gasteiger partial charge in [-0.25, -0.2) is 4.79 Å². The monoisotopic (exact) mass is 250 g/mol. The van der Waals surface area contributed by atoms with E-state index in [2.05, 4.69) is 9.72 Å². The van der Waals surface area contributed by atoms with Gasteiger partial charge in [-0.1, -0.05) is 0 Å². The number of hydrogen-bond acceptors (Lipinski definition) is 5. The van der Waals surface area contributed by atoms with Crippen molar-refractivity contribution in [1.29, 1.82) is 0 Å². The van der Waals surface area contributed by atoms with Gasteiger partial charge in [-0.05, 0) is 0 Å². The van der Waals surface area contributed by atoms with Crippen LogP contribution in [0.2, 0.25) is 0 Å². The van der Waals surface area contributed by atoms with Crippen LogP contribution in [0, 0.1) is 0 Å². The molecule has 0 atom stereocenters. The van der Waals surface area contributed by atoms with E-state index in [1.807, 2.05) is 0 Å². The topological polar surface area (TPSA) is 86.6 Å². The third-order valence-corrected chi connectivity index (χ3v) is 2.72. The largest absolute Gasteiger partial charge is 0.497 e. The number of fused-ring (bicyclic) bond motifs is 1. The van der Waals surface area contributed by atoms with Crippen LogP contribution in [0.3, 0.4) is 0 Å². The van der Waals surface area contributed by atoms with Gasteiger partial charge in [0.15, 0.2) is 0 Å². The van der Waals surface area contributed by atoms with Crippen LogP contribution < -0.4 is 15.2 Å². The fourth-order valence-corrected chi connectivity index (χ4v) is 1.84. The van der Waals surface area contributed by atoms with Gasteiger partial charge >= 0.3 is 5.97 Å². The summed E-state index contributed by atoms with van der Waals surface area (Å²) >= 11 is 0. The molecule has 18 heavy (non-hydrogen) atoms. The number of hydrogen-bond donors (Lipinski definition) is 2. The molecule has 0 radical (unpaired) electrons. The number of aromatic nitrogens is 1. The minimum Gasteiger partial charge on any atom is -0.497 e. The van der Waals surface area contributed by atoms with E-state index >= 15 is 0 Å². The molecule has 0 unspecified atom stereocenters. The standard InChI is InChI=1S/C12H14N2O4/c1-16-6-4-7-9(8(5-6)17-2)10(13)11(14-7)12(15)18-3/h4-5,14H,13H2,1-3H3. The van der Waals surface area contributed by atoms with Crippen LogP contribution in [0.1, 0.15) is 10.5 Å². The number of benzene rings is 1. The van der Waals surface area contributed by atoms with Crippen LogP contribution in [0.25, 0.3) is 10.9 Å². The fourth-order valence-electron chi connectivity index (χ4n) is 1.84. The van der Waals surface area contributed by atoms with Crippen molar-refractivity contribution in [2.24, 2.45) is 0 Å². The maximum atomic E-state index is 11.6. The van der Waals surface area contributed by atoms with E-state index < -0.39 is 5.97 Å². The molecule has 96 valence electrons. The molecule has 0 aliphatic heterocycles. The van der Waals surface area contributed by atoms with Crippen LogP contribution in [0.4, 0.5) is 5.69 Å². The molecule has 6 nitrogen and oxygen atoms in total. The van der Waals surface area contributed by atoms with E-state index in [1.165, 1.54) is 14.2 Å². The Labute approximate surface area is 104 Å². The number of nitrogen functional groups attached to an aromatic ring is 1. The molecule has 0 aliphatic carbocycles. The summed E-state index contributed by atoms with van der Waals surface area (Å²) < 4.78 is 15.0. The van der Waals surface area contributed by atoms with Gasteiger partial charge in [-0.15, -0.1) is 0 Å². The Morgan fingerprint density at radius 3 is 2.50 bits per heavy atom. The number of nitrogens with one attached hydrogen (secondary N) is 1. The Hall–Kier alpha value is -2.37. The van der Waals surface area contributed by atoms with Gasteiger partial charge in [0.25, 0.3) is 0 Å². The smallest absolute Gasteiger partial charge is 0.356 e. The lowest BCUT2D eigenvalue weighted by atomic mass is 10.2. The number of anilines is 1. The third kappa shape index (κ3) is 1.71. The van der Waals surface area contributed by atoms with Crippen LogP contribution in [0.5, 0.6) is 11.5 Å².